The predicted molar refractivity (Wildman–Crippen MR) is 53.8 cm³/mol. The molecule has 1 aromatic rings. The third-order valence-electron chi connectivity index (χ3n) is 2.34. The lowest BCUT2D eigenvalue weighted by Gasteiger charge is -2.14. The van der Waals surface area contributed by atoms with Gasteiger partial charge in [-0.2, -0.15) is 0 Å². The quantitative estimate of drug-likeness (QED) is 0.696. The van der Waals surface area contributed by atoms with Crippen LogP contribution in [0.5, 0.6) is 11.5 Å². The molecule has 0 saturated heterocycles. The summed E-state index contributed by atoms with van der Waals surface area (Å²) >= 11 is 0. The maximum Gasteiger partial charge on any atom is 0.164 e. The molecule has 0 unspecified atom stereocenters. The van der Waals surface area contributed by atoms with E-state index >= 15 is 0 Å². The molecule has 0 radical (unpaired) electrons. The van der Waals surface area contributed by atoms with Gasteiger partial charge in [0, 0.05) is 0 Å². The van der Waals surface area contributed by atoms with E-state index in [1.54, 1.807) is 14.2 Å². The first kappa shape index (κ1) is 9.90. The molecule has 72 valence electrons. The van der Waals surface area contributed by atoms with Crippen molar-refractivity contribution in [1.29, 1.82) is 0 Å². The number of methoxy groups -OCH3 is 2. The number of ether oxygens (including phenoxy) is 2. The van der Waals surface area contributed by atoms with Gasteiger partial charge in [-0.1, -0.05) is 6.07 Å². The normalized spacial score (nSPS) is 9.92. The Morgan fingerprint density at radius 3 is 1.85 bits per heavy atom. The highest BCUT2D eigenvalue weighted by Crippen LogP contribution is 2.35. The minimum Gasteiger partial charge on any atom is -0.493 e. The molecule has 0 N–H and O–H groups in total. The van der Waals surface area contributed by atoms with Crippen molar-refractivity contribution < 1.29 is 9.47 Å². The fourth-order valence-corrected chi connectivity index (χ4v) is 1.53. The second-order valence-corrected chi connectivity index (χ2v) is 3.20. The topological polar surface area (TPSA) is 18.5 Å². The average molecular weight is 180 g/mol. The van der Waals surface area contributed by atoms with Gasteiger partial charge < -0.3 is 9.47 Å². The molecule has 2 nitrogen and oxygen atoms in total. The Bertz CT molecular complexity index is 316. The second kappa shape index (κ2) is 3.69. The molecular formula is C11H16O2. The number of aryl methyl sites for hydroxylation is 2. The second-order valence-electron chi connectivity index (χ2n) is 3.20. The monoisotopic (exact) mass is 180 g/mol. The molecule has 0 aliphatic rings. The first-order valence-electron chi connectivity index (χ1n) is 4.30. The summed E-state index contributed by atoms with van der Waals surface area (Å²) in [7, 11) is 3.34. The highest BCUT2D eigenvalue weighted by molar-refractivity contribution is 5.54. The van der Waals surface area contributed by atoms with E-state index in [2.05, 4.69) is 13.0 Å². The molecule has 0 aromatic heterocycles. The van der Waals surface area contributed by atoms with Crippen LogP contribution in [0, 0.1) is 20.8 Å². The van der Waals surface area contributed by atoms with Crippen LogP contribution in [-0.2, 0) is 0 Å². The summed E-state index contributed by atoms with van der Waals surface area (Å²) in [4.78, 5) is 0. The third kappa shape index (κ3) is 1.62. The van der Waals surface area contributed by atoms with Crippen LogP contribution in [0.15, 0.2) is 6.07 Å². The zero-order chi connectivity index (χ0) is 10.0. The predicted octanol–water partition coefficient (Wildman–Crippen LogP) is 2.63. The Morgan fingerprint density at radius 1 is 0.846 bits per heavy atom. The van der Waals surface area contributed by atoms with Crippen LogP contribution in [-0.4, -0.2) is 14.2 Å². The fraction of sp³-hybridized carbons (Fsp3) is 0.455. The van der Waals surface area contributed by atoms with Crippen LogP contribution in [0.25, 0.3) is 0 Å². The maximum absolute atomic E-state index is 5.30. The zero-order valence-corrected chi connectivity index (χ0v) is 8.89. The molecule has 0 spiro atoms. The Hall–Kier alpha value is -1.18. The van der Waals surface area contributed by atoms with E-state index in [1.165, 1.54) is 5.56 Å². The van der Waals surface area contributed by atoms with E-state index in [9.17, 15) is 0 Å². The summed E-state index contributed by atoms with van der Waals surface area (Å²) in [5.74, 6) is 1.69. The molecule has 0 atom stereocenters. The molecule has 13 heavy (non-hydrogen) atoms. The lowest BCUT2D eigenvalue weighted by molar-refractivity contribution is 0.350. The Morgan fingerprint density at radius 2 is 1.38 bits per heavy atom. The van der Waals surface area contributed by atoms with Gasteiger partial charge in [0.15, 0.2) is 11.5 Å². The van der Waals surface area contributed by atoms with Gasteiger partial charge >= 0.3 is 0 Å². The standard InChI is InChI=1S/C11H16O2/c1-7-6-8(2)10(12-4)11(13-5)9(7)3/h6H,1-5H3. The van der Waals surface area contributed by atoms with Gasteiger partial charge in [0.05, 0.1) is 14.2 Å². The van der Waals surface area contributed by atoms with E-state index in [4.69, 9.17) is 9.47 Å². The van der Waals surface area contributed by atoms with Gasteiger partial charge in [0.25, 0.3) is 0 Å². The van der Waals surface area contributed by atoms with Crippen LogP contribution in [0.3, 0.4) is 0 Å². The van der Waals surface area contributed by atoms with Gasteiger partial charge in [-0.15, -0.1) is 0 Å². The Balaban J connectivity index is 3.41. The summed E-state index contributed by atoms with van der Waals surface area (Å²) in [5.41, 5.74) is 3.49. The average Bonchev–Trinajstić information content (AvgIpc) is 2.10. The first-order chi connectivity index (χ1) is 6.11. The molecule has 0 aliphatic heterocycles. The molecule has 1 rings (SSSR count). The minimum atomic E-state index is 0.839. The Labute approximate surface area is 79.5 Å². The number of hydrogen-bond acceptors (Lipinski definition) is 2. The van der Waals surface area contributed by atoms with Gasteiger partial charge in [0.2, 0.25) is 0 Å². The fourth-order valence-electron chi connectivity index (χ4n) is 1.53. The molecule has 0 amide bonds. The molecular weight excluding hydrogens is 164 g/mol. The van der Waals surface area contributed by atoms with Gasteiger partial charge in [-0.3, -0.25) is 0 Å². The molecule has 0 fully saturated rings. The Kier molecular flexibility index (Phi) is 2.81. The van der Waals surface area contributed by atoms with Gasteiger partial charge in [-0.25, -0.2) is 0 Å². The van der Waals surface area contributed by atoms with Crippen molar-refractivity contribution in [3.8, 4) is 11.5 Å². The van der Waals surface area contributed by atoms with Crippen molar-refractivity contribution in [2.75, 3.05) is 14.2 Å². The number of benzene rings is 1. The van der Waals surface area contributed by atoms with E-state index in [0.29, 0.717) is 0 Å². The summed E-state index contributed by atoms with van der Waals surface area (Å²) in [6, 6.07) is 2.11. The largest absolute Gasteiger partial charge is 0.493 e. The molecule has 0 heterocycles. The summed E-state index contributed by atoms with van der Waals surface area (Å²) in [6.45, 7) is 6.13. The third-order valence-corrected chi connectivity index (χ3v) is 2.34. The van der Waals surface area contributed by atoms with Crippen LogP contribution in [0.2, 0.25) is 0 Å². The summed E-state index contributed by atoms with van der Waals surface area (Å²) < 4.78 is 10.6. The van der Waals surface area contributed by atoms with Gasteiger partial charge in [-0.05, 0) is 37.5 Å². The number of rotatable bonds is 2. The molecule has 0 bridgehead atoms. The van der Waals surface area contributed by atoms with Crippen LogP contribution in [0.4, 0.5) is 0 Å². The highest BCUT2D eigenvalue weighted by atomic mass is 16.5. The van der Waals surface area contributed by atoms with Crippen molar-refractivity contribution in [2.45, 2.75) is 20.8 Å². The van der Waals surface area contributed by atoms with E-state index < -0.39 is 0 Å². The van der Waals surface area contributed by atoms with E-state index in [-0.39, 0.29) is 0 Å². The zero-order valence-electron chi connectivity index (χ0n) is 8.89. The summed E-state index contributed by atoms with van der Waals surface area (Å²) in [5, 5.41) is 0. The highest BCUT2D eigenvalue weighted by Gasteiger charge is 2.11. The lowest BCUT2D eigenvalue weighted by Crippen LogP contribution is -1.97. The van der Waals surface area contributed by atoms with Crippen molar-refractivity contribution in [3.05, 3.63) is 22.8 Å². The van der Waals surface area contributed by atoms with Crippen molar-refractivity contribution in [2.24, 2.45) is 0 Å². The van der Waals surface area contributed by atoms with Crippen molar-refractivity contribution in [1.82, 2.24) is 0 Å². The van der Waals surface area contributed by atoms with Crippen molar-refractivity contribution >= 4 is 0 Å². The molecule has 0 aliphatic carbocycles. The van der Waals surface area contributed by atoms with Gasteiger partial charge in [0.1, 0.15) is 0 Å². The van der Waals surface area contributed by atoms with Crippen molar-refractivity contribution in [3.63, 3.8) is 0 Å². The van der Waals surface area contributed by atoms with Crippen LogP contribution < -0.4 is 9.47 Å². The SMILES string of the molecule is COc1c(C)cc(C)c(C)c1OC. The van der Waals surface area contributed by atoms with E-state index in [0.717, 1.165) is 22.6 Å². The molecule has 0 saturated carbocycles. The maximum atomic E-state index is 5.30. The molecule has 1 aromatic carbocycles. The molecule has 2 heteroatoms. The smallest absolute Gasteiger partial charge is 0.164 e. The van der Waals surface area contributed by atoms with E-state index in [1.807, 2.05) is 13.8 Å². The minimum absolute atomic E-state index is 0.839. The summed E-state index contributed by atoms with van der Waals surface area (Å²) in [6.07, 6.45) is 0. The van der Waals surface area contributed by atoms with Crippen LogP contribution in [0.1, 0.15) is 16.7 Å². The lowest BCUT2D eigenvalue weighted by atomic mass is 10.0. The number of hydrogen-bond donors (Lipinski definition) is 0. The van der Waals surface area contributed by atoms with Crippen LogP contribution >= 0.6 is 0 Å². The first-order valence-corrected chi connectivity index (χ1v) is 4.30.